The van der Waals surface area contributed by atoms with Crippen molar-refractivity contribution in [2.24, 2.45) is 11.7 Å². The third-order valence-electron chi connectivity index (χ3n) is 2.37. The molecule has 8 heteroatoms. The average molecular weight is 267 g/mol. The second-order valence-corrected chi connectivity index (χ2v) is 5.89. The fourth-order valence-corrected chi connectivity index (χ4v) is 2.57. The zero-order valence-electron chi connectivity index (χ0n) is 9.18. The van der Waals surface area contributed by atoms with Crippen LogP contribution >= 0.6 is 12.2 Å². The van der Waals surface area contributed by atoms with Gasteiger partial charge in [0.2, 0.25) is 0 Å². The molecule has 0 amide bonds. The number of morpholine rings is 1. The Bertz CT molecular complexity index is 338. The van der Waals surface area contributed by atoms with Crippen molar-refractivity contribution in [2.75, 3.05) is 32.8 Å². The van der Waals surface area contributed by atoms with Crippen LogP contribution in [0.3, 0.4) is 0 Å². The van der Waals surface area contributed by atoms with Gasteiger partial charge in [0.1, 0.15) is 0 Å². The van der Waals surface area contributed by atoms with Gasteiger partial charge >= 0.3 is 0 Å². The highest BCUT2D eigenvalue weighted by molar-refractivity contribution is 7.87. The van der Waals surface area contributed by atoms with Crippen LogP contribution in [0.4, 0.5) is 0 Å². The summed E-state index contributed by atoms with van der Waals surface area (Å²) >= 11 is 4.77. The maximum atomic E-state index is 11.8. The van der Waals surface area contributed by atoms with Crippen LogP contribution in [0, 0.1) is 5.92 Å². The first kappa shape index (κ1) is 13.8. The summed E-state index contributed by atoms with van der Waals surface area (Å²) in [6.45, 7) is 3.66. The SMILES string of the molecule is CC(CNS(=O)(=O)N1CCOCC1)C(N)=S. The molecule has 0 aromatic heterocycles. The average Bonchev–Trinajstić information content (AvgIpc) is 2.27. The lowest BCUT2D eigenvalue weighted by atomic mass is 10.2. The first-order valence-electron chi connectivity index (χ1n) is 5.05. The van der Waals surface area contributed by atoms with Gasteiger partial charge in [0.05, 0.1) is 18.2 Å². The van der Waals surface area contributed by atoms with Gasteiger partial charge in [0, 0.05) is 25.6 Å². The molecule has 0 aromatic rings. The number of nitrogens with zero attached hydrogens (tertiary/aromatic N) is 1. The molecule has 1 heterocycles. The number of hydrogen-bond acceptors (Lipinski definition) is 4. The molecule has 0 bridgehead atoms. The predicted octanol–water partition coefficient (Wildman–Crippen LogP) is -0.925. The topological polar surface area (TPSA) is 84.7 Å². The van der Waals surface area contributed by atoms with Crippen LogP contribution in [-0.4, -0.2) is 50.6 Å². The molecular weight excluding hydrogens is 250 g/mol. The van der Waals surface area contributed by atoms with Gasteiger partial charge in [-0.15, -0.1) is 0 Å². The van der Waals surface area contributed by atoms with E-state index in [0.717, 1.165) is 0 Å². The molecular formula is C8H17N3O3S2. The van der Waals surface area contributed by atoms with E-state index in [2.05, 4.69) is 4.72 Å². The van der Waals surface area contributed by atoms with Crippen molar-refractivity contribution in [2.45, 2.75) is 6.92 Å². The highest BCUT2D eigenvalue weighted by atomic mass is 32.2. The second kappa shape index (κ2) is 5.87. The molecule has 0 aromatic carbocycles. The maximum absolute atomic E-state index is 11.8. The molecule has 94 valence electrons. The standard InChI is InChI=1S/C8H17N3O3S2/c1-7(8(9)15)6-10-16(12,13)11-2-4-14-5-3-11/h7,10H,2-6H2,1H3,(H2,9,15). The third kappa shape index (κ3) is 3.95. The van der Waals surface area contributed by atoms with Crippen molar-refractivity contribution >= 4 is 27.4 Å². The summed E-state index contributed by atoms with van der Waals surface area (Å²) in [6.07, 6.45) is 0. The van der Waals surface area contributed by atoms with Crippen LogP contribution in [0.25, 0.3) is 0 Å². The van der Waals surface area contributed by atoms with Gasteiger partial charge in [-0.3, -0.25) is 0 Å². The van der Waals surface area contributed by atoms with Crippen molar-refractivity contribution in [1.82, 2.24) is 9.03 Å². The fourth-order valence-electron chi connectivity index (χ4n) is 1.21. The first-order valence-corrected chi connectivity index (χ1v) is 6.90. The smallest absolute Gasteiger partial charge is 0.279 e. The molecule has 6 nitrogen and oxygen atoms in total. The molecule has 1 aliphatic rings. The Morgan fingerprint density at radius 3 is 2.62 bits per heavy atom. The van der Waals surface area contributed by atoms with E-state index in [9.17, 15) is 8.42 Å². The van der Waals surface area contributed by atoms with Crippen molar-refractivity contribution in [3.05, 3.63) is 0 Å². The minimum atomic E-state index is -3.42. The molecule has 0 saturated carbocycles. The summed E-state index contributed by atoms with van der Waals surface area (Å²) in [6, 6.07) is 0. The number of nitrogens with one attached hydrogen (secondary N) is 1. The molecule has 1 saturated heterocycles. The van der Waals surface area contributed by atoms with Gasteiger partial charge in [-0.1, -0.05) is 19.1 Å². The Morgan fingerprint density at radius 2 is 2.12 bits per heavy atom. The summed E-state index contributed by atoms with van der Waals surface area (Å²) < 4.78 is 32.5. The normalized spacial score (nSPS) is 20.6. The second-order valence-electron chi connectivity index (χ2n) is 3.67. The van der Waals surface area contributed by atoms with E-state index in [1.807, 2.05) is 0 Å². The summed E-state index contributed by atoms with van der Waals surface area (Å²) in [5.41, 5.74) is 5.41. The number of thiocarbonyl (C=S) groups is 1. The summed E-state index contributed by atoms with van der Waals surface area (Å²) in [5, 5.41) is 0. The van der Waals surface area contributed by atoms with E-state index >= 15 is 0 Å². The lowest BCUT2D eigenvalue weighted by Crippen LogP contribution is -2.48. The van der Waals surface area contributed by atoms with E-state index in [-0.39, 0.29) is 12.5 Å². The zero-order chi connectivity index (χ0) is 12.2. The van der Waals surface area contributed by atoms with Gasteiger partial charge in [-0.2, -0.15) is 12.7 Å². The molecule has 0 radical (unpaired) electrons. The van der Waals surface area contributed by atoms with Crippen LogP contribution in [-0.2, 0) is 14.9 Å². The molecule has 0 spiro atoms. The Morgan fingerprint density at radius 1 is 1.56 bits per heavy atom. The predicted molar refractivity (Wildman–Crippen MR) is 65.3 cm³/mol. The quantitative estimate of drug-likeness (QED) is 0.629. The number of hydrogen-bond donors (Lipinski definition) is 2. The fraction of sp³-hybridized carbons (Fsp3) is 0.875. The van der Waals surface area contributed by atoms with Crippen molar-refractivity contribution in [3.8, 4) is 0 Å². The van der Waals surface area contributed by atoms with Gasteiger partial charge in [0.25, 0.3) is 10.2 Å². The van der Waals surface area contributed by atoms with Gasteiger partial charge in [-0.05, 0) is 0 Å². The molecule has 16 heavy (non-hydrogen) atoms. The van der Waals surface area contributed by atoms with Crippen LogP contribution in [0.1, 0.15) is 6.92 Å². The van der Waals surface area contributed by atoms with Gasteiger partial charge in [-0.25, -0.2) is 4.72 Å². The van der Waals surface area contributed by atoms with E-state index in [1.54, 1.807) is 6.92 Å². The summed E-state index contributed by atoms with van der Waals surface area (Å²) in [5.74, 6) is -0.147. The Kier molecular flexibility index (Phi) is 5.06. The van der Waals surface area contributed by atoms with Crippen LogP contribution in [0.15, 0.2) is 0 Å². The minimum Gasteiger partial charge on any atom is -0.393 e. The van der Waals surface area contributed by atoms with E-state index < -0.39 is 10.2 Å². The maximum Gasteiger partial charge on any atom is 0.279 e. The molecule has 1 atom stereocenters. The molecule has 0 aliphatic carbocycles. The van der Waals surface area contributed by atoms with Crippen LogP contribution < -0.4 is 10.5 Å². The summed E-state index contributed by atoms with van der Waals surface area (Å²) in [4.78, 5) is 0.310. The Hall–Kier alpha value is -0.280. The third-order valence-corrected chi connectivity index (χ3v) is 4.35. The minimum absolute atomic E-state index is 0.147. The molecule has 1 aliphatic heterocycles. The first-order chi connectivity index (χ1) is 7.43. The number of rotatable bonds is 5. The van der Waals surface area contributed by atoms with Gasteiger partial charge in [0.15, 0.2) is 0 Å². The van der Waals surface area contributed by atoms with E-state index in [4.69, 9.17) is 22.7 Å². The lowest BCUT2D eigenvalue weighted by Gasteiger charge is -2.26. The van der Waals surface area contributed by atoms with Crippen LogP contribution in [0.2, 0.25) is 0 Å². The monoisotopic (exact) mass is 267 g/mol. The molecule has 3 N–H and O–H groups in total. The molecule has 1 fully saturated rings. The van der Waals surface area contributed by atoms with Crippen molar-refractivity contribution in [1.29, 1.82) is 0 Å². The van der Waals surface area contributed by atoms with Gasteiger partial charge < -0.3 is 10.5 Å². The lowest BCUT2D eigenvalue weighted by molar-refractivity contribution is 0.0725. The molecule has 1 rings (SSSR count). The van der Waals surface area contributed by atoms with Crippen molar-refractivity contribution < 1.29 is 13.2 Å². The molecule has 1 unspecified atom stereocenters. The highest BCUT2D eigenvalue weighted by Gasteiger charge is 2.24. The van der Waals surface area contributed by atoms with Crippen LogP contribution in [0.5, 0.6) is 0 Å². The number of ether oxygens (including phenoxy) is 1. The Labute approximate surface area is 101 Å². The highest BCUT2D eigenvalue weighted by Crippen LogP contribution is 2.03. The zero-order valence-corrected chi connectivity index (χ0v) is 10.8. The Balaban J connectivity index is 2.47. The number of nitrogens with two attached hydrogens (primary N) is 1. The summed E-state index contributed by atoms with van der Waals surface area (Å²) in [7, 11) is -3.42. The largest absolute Gasteiger partial charge is 0.393 e. The van der Waals surface area contributed by atoms with E-state index in [0.29, 0.717) is 31.3 Å². The van der Waals surface area contributed by atoms with E-state index in [1.165, 1.54) is 4.31 Å². The van der Waals surface area contributed by atoms with Crippen molar-refractivity contribution in [3.63, 3.8) is 0 Å².